The SMILES string of the molecule is O=[N+]([O-])c1ccc(NCc2cccc(OCC(F)F)c2)nc1. The number of hydrogen-bond donors (Lipinski definition) is 1. The molecule has 116 valence electrons. The van der Waals surface area contributed by atoms with Gasteiger partial charge in [0.25, 0.3) is 12.1 Å². The van der Waals surface area contributed by atoms with E-state index in [1.54, 1.807) is 24.3 Å². The Hall–Kier alpha value is -2.77. The maximum Gasteiger partial charge on any atom is 0.287 e. The van der Waals surface area contributed by atoms with E-state index < -0.39 is 18.0 Å². The molecule has 1 heterocycles. The highest BCUT2D eigenvalue weighted by atomic mass is 19.3. The normalized spacial score (nSPS) is 10.5. The van der Waals surface area contributed by atoms with Crippen molar-refractivity contribution in [2.75, 3.05) is 11.9 Å². The Kier molecular flexibility index (Phi) is 5.18. The molecule has 1 aromatic carbocycles. The number of benzene rings is 1. The first-order valence-corrected chi connectivity index (χ1v) is 6.39. The minimum atomic E-state index is -2.52. The minimum absolute atomic E-state index is 0.0899. The van der Waals surface area contributed by atoms with E-state index >= 15 is 0 Å². The van der Waals surface area contributed by atoms with Gasteiger partial charge in [-0.05, 0) is 23.8 Å². The molecule has 0 fully saturated rings. The first-order chi connectivity index (χ1) is 10.5. The maximum absolute atomic E-state index is 12.1. The van der Waals surface area contributed by atoms with Crippen molar-refractivity contribution in [3.05, 3.63) is 58.3 Å². The largest absolute Gasteiger partial charge is 0.488 e. The highest BCUT2D eigenvalue weighted by Crippen LogP contribution is 2.16. The van der Waals surface area contributed by atoms with Gasteiger partial charge < -0.3 is 10.1 Å². The topological polar surface area (TPSA) is 77.3 Å². The molecule has 0 radical (unpaired) electrons. The van der Waals surface area contributed by atoms with Gasteiger partial charge in [-0.3, -0.25) is 10.1 Å². The number of alkyl halides is 2. The molecular weight excluding hydrogens is 296 g/mol. The molecule has 0 saturated heterocycles. The van der Waals surface area contributed by atoms with Crippen LogP contribution >= 0.6 is 0 Å². The van der Waals surface area contributed by atoms with Gasteiger partial charge in [-0.25, -0.2) is 13.8 Å². The Morgan fingerprint density at radius 1 is 1.32 bits per heavy atom. The summed E-state index contributed by atoms with van der Waals surface area (Å²) in [6, 6.07) is 9.57. The molecule has 0 saturated carbocycles. The molecule has 0 aliphatic rings. The minimum Gasteiger partial charge on any atom is -0.488 e. The Bertz CT molecular complexity index is 635. The molecule has 6 nitrogen and oxygen atoms in total. The van der Waals surface area contributed by atoms with Crippen LogP contribution in [0.5, 0.6) is 5.75 Å². The van der Waals surface area contributed by atoms with Gasteiger partial charge in [-0.1, -0.05) is 12.1 Å². The van der Waals surface area contributed by atoms with Crippen LogP contribution in [0.25, 0.3) is 0 Å². The molecule has 0 bridgehead atoms. The Balaban J connectivity index is 1.93. The van der Waals surface area contributed by atoms with Crippen molar-refractivity contribution in [1.82, 2.24) is 4.98 Å². The molecule has 0 unspecified atom stereocenters. The number of halogens is 2. The molecule has 8 heteroatoms. The second-order valence-corrected chi connectivity index (χ2v) is 4.36. The lowest BCUT2D eigenvalue weighted by atomic mass is 10.2. The van der Waals surface area contributed by atoms with Crippen LogP contribution in [0.15, 0.2) is 42.6 Å². The van der Waals surface area contributed by atoms with Gasteiger partial charge in [0.15, 0.2) is 0 Å². The highest BCUT2D eigenvalue weighted by Gasteiger charge is 2.06. The third kappa shape index (κ3) is 4.65. The van der Waals surface area contributed by atoms with E-state index in [9.17, 15) is 18.9 Å². The van der Waals surface area contributed by atoms with Crippen LogP contribution in [-0.4, -0.2) is 22.9 Å². The van der Waals surface area contributed by atoms with Crippen LogP contribution in [0.4, 0.5) is 20.3 Å². The number of rotatable bonds is 7. The molecule has 1 aromatic heterocycles. The highest BCUT2D eigenvalue weighted by molar-refractivity contribution is 5.41. The summed E-state index contributed by atoms with van der Waals surface area (Å²) in [6.07, 6.45) is -1.36. The summed E-state index contributed by atoms with van der Waals surface area (Å²) in [6.45, 7) is -0.266. The van der Waals surface area contributed by atoms with Crippen molar-refractivity contribution in [1.29, 1.82) is 0 Å². The number of nitro groups is 1. The van der Waals surface area contributed by atoms with E-state index in [0.717, 1.165) is 11.8 Å². The van der Waals surface area contributed by atoms with E-state index in [0.29, 0.717) is 18.1 Å². The van der Waals surface area contributed by atoms with Gasteiger partial charge in [0.2, 0.25) is 0 Å². The third-order valence-corrected chi connectivity index (χ3v) is 2.71. The van der Waals surface area contributed by atoms with Crippen molar-refractivity contribution in [2.24, 2.45) is 0 Å². The first kappa shape index (κ1) is 15.6. The average molecular weight is 309 g/mol. The van der Waals surface area contributed by atoms with Crippen LogP contribution in [0.3, 0.4) is 0 Å². The smallest absolute Gasteiger partial charge is 0.287 e. The van der Waals surface area contributed by atoms with E-state index in [1.165, 1.54) is 12.1 Å². The van der Waals surface area contributed by atoms with Crippen molar-refractivity contribution in [3.63, 3.8) is 0 Å². The van der Waals surface area contributed by atoms with Crippen LogP contribution in [-0.2, 0) is 6.54 Å². The Morgan fingerprint density at radius 2 is 2.14 bits per heavy atom. The molecule has 0 aliphatic carbocycles. The molecule has 2 aromatic rings. The van der Waals surface area contributed by atoms with E-state index in [1.807, 2.05) is 0 Å². The monoisotopic (exact) mass is 309 g/mol. The lowest BCUT2D eigenvalue weighted by molar-refractivity contribution is -0.385. The molecular formula is C14H13F2N3O3. The number of pyridine rings is 1. The van der Waals surface area contributed by atoms with Crippen LogP contribution < -0.4 is 10.1 Å². The first-order valence-electron chi connectivity index (χ1n) is 6.39. The fourth-order valence-electron chi connectivity index (χ4n) is 1.70. The van der Waals surface area contributed by atoms with Crippen LogP contribution in [0.2, 0.25) is 0 Å². The van der Waals surface area contributed by atoms with Gasteiger partial charge in [-0.15, -0.1) is 0 Å². The summed E-state index contributed by atoms with van der Waals surface area (Å²) in [5, 5.41) is 13.5. The molecule has 0 atom stereocenters. The second kappa shape index (κ2) is 7.30. The van der Waals surface area contributed by atoms with Crippen molar-refractivity contribution in [2.45, 2.75) is 13.0 Å². The van der Waals surface area contributed by atoms with Crippen LogP contribution in [0, 0.1) is 10.1 Å². The fourth-order valence-corrected chi connectivity index (χ4v) is 1.70. The lowest BCUT2D eigenvalue weighted by Gasteiger charge is -2.09. The molecule has 22 heavy (non-hydrogen) atoms. The number of nitrogens with zero attached hydrogens (tertiary/aromatic N) is 2. The van der Waals surface area contributed by atoms with Gasteiger partial charge in [0, 0.05) is 12.6 Å². The summed E-state index contributed by atoms with van der Waals surface area (Å²) in [7, 11) is 0. The van der Waals surface area contributed by atoms with Gasteiger partial charge in [-0.2, -0.15) is 0 Å². The number of anilines is 1. The average Bonchev–Trinajstić information content (AvgIpc) is 2.52. The molecule has 0 spiro atoms. The predicted molar refractivity (Wildman–Crippen MR) is 76.2 cm³/mol. The quantitative estimate of drug-likeness (QED) is 0.627. The summed E-state index contributed by atoms with van der Waals surface area (Å²) in [5.41, 5.74) is 0.722. The Morgan fingerprint density at radius 3 is 2.77 bits per heavy atom. The standard InChI is InChI=1S/C14H13F2N3O3/c15-13(16)9-22-12-3-1-2-10(6-12)7-17-14-5-4-11(8-18-14)19(20)21/h1-6,8,13H,7,9H2,(H,17,18). The lowest BCUT2D eigenvalue weighted by Crippen LogP contribution is -2.07. The fraction of sp³-hybridized carbons (Fsp3) is 0.214. The predicted octanol–water partition coefficient (Wildman–Crippen LogP) is 3.25. The molecule has 1 N–H and O–H groups in total. The van der Waals surface area contributed by atoms with Crippen LogP contribution in [0.1, 0.15) is 5.56 Å². The Labute approximate surface area is 124 Å². The summed E-state index contributed by atoms with van der Waals surface area (Å²) >= 11 is 0. The van der Waals surface area contributed by atoms with E-state index in [4.69, 9.17) is 4.74 Å². The molecule has 2 rings (SSSR count). The number of hydrogen-bond acceptors (Lipinski definition) is 5. The van der Waals surface area contributed by atoms with Gasteiger partial charge >= 0.3 is 0 Å². The van der Waals surface area contributed by atoms with Crippen molar-refractivity contribution < 1.29 is 18.4 Å². The van der Waals surface area contributed by atoms with E-state index in [2.05, 4.69) is 10.3 Å². The zero-order valence-corrected chi connectivity index (χ0v) is 11.4. The van der Waals surface area contributed by atoms with Gasteiger partial charge in [0.1, 0.15) is 24.4 Å². The third-order valence-electron chi connectivity index (χ3n) is 2.71. The maximum atomic E-state index is 12.1. The zero-order valence-electron chi connectivity index (χ0n) is 11.4. The zero-order chi connectivity index (χ0) is 15.9. The molecule has 0 amide bonds. The number of nitrogens with one attached hydrogen (secondary N) is 1. The second-order valence-electron chi connectivity index (χ2n) is 4.36. The van der Waals surface area contributed by atoms with Crippen molar-refractivity contribution in [3.8, 4) is 5.75 Å². The van der Waals surface area contributed by atoms with E-state index in [-0.39, 0.29) is 5.69 Å². The molecule has 0 aliphatic heterocycles. The summed E-state index contributed by atoms with van der Waals surface area (Å²) in [5.74, 6) is 0.834. The summed E-state index contributed by atoms with van der Waals surface area (Å²) in [4.78, 5) is 13.9. The van der Waals surface area contributed by atoms with Gasteiger partial charge in [0.05, 0.1) is 4.92 Å². The number of aromatic nitrogens is 1. The number of ether oxygens (including phenoxy) is 1. The van der Waals surface area contributed by atoms with Crippen molar-refractivity contribution >= 4 is 11.5 Å². The summed E-state index contributed by atoms with van der Waals surface area (Å²) < 4.78 is 29.1.